The number of aromatic amines is 6. The number of hydrogen-bond acceptors (Lipinski definition) is 24. The first-order chi connectivity index (χ1) is 61.3. The molecule has 6 amide bonds. The van der Waals surface area contributed by atoms with Gasteiger partial charge < -0.3 is 31.9 Å². The van der Waals surface area contributed by atoms with E-state index in [-0.39, 0.29) is 35.4 Å². The average molecular weight is 1680 g/mol. The van der Waals surface area contributed by atoms with Gasteiger partial charge in [-0.15, -0.1) is 61.2 Å². The number of aromatic nitrogens is 24. The SMILES string of the molecule is Cc1ccc(NC(=O)c2ccc(-c3nn[nH]n3)cc2)cc1.Cc1ccc(NC(=O)c2ccc(-c3nn[nH]n3)cc2)cc1.Cc1ccc(NC(=O)c2ccc(-c3nn[nH]n3)cc2)cc1.Cc1ccc(NC(=O)c2ccc(-c3nn[nH]n3)cc2)cc1.Cc1ccc(NC(=O)c2ccc(-c3nn[nH]n3)cc2)cc1.Cc1ccc(NC(=O)c2ccc(-c3nn[nH]n3)cc2)cc1. The third-order valence-electron chi connectivity index (χ3n) is 18.4. The molecule has 0 radical (unpaired) electrons. The minimum absolute atomic E-state index is 0.154. The number of carbonyl (C=O) groups is 6. The van der Waals surface area contributed by atoms with Crippen molar-refractivity contribution in [2.24, 2.45) is 0 Å². The van der Waals surface area contributed by atoms with Crippen molar-refractivity contribution >= 4 is 69.6 Å². The predicted octanol–water partition coefficient (Wildman–Crippen LogP) is 14.6. The standard InChI is InChI=1S/6C15H13N5O/c6*1-10-2-8-13(9-3-10)16-15(21)12-6-4-11(5-7-12)14-17-19-20-18-14/h6*2-9H,1H3,(H,16,21)(H,17,18,19,20). The molecule has 0 aliphatic heterocycles. The van der Waals surface area contributed by atoms with Crippen molar-refractivity contribution in [3.63, 3.8) is 0 Å². The van der Waals surface area contributed by atoms with E-state index in [2.05, 4.69) is 156 Å². The molecule has 0 saturated heterocycles. The van der Waals surface area contributed by atoms with Gasteiger partial charge in [-0.1, -0.05) is 179 Å². The minimum atomic E-state index is -0.154. The quantitative estimate of drug-likeness (QED) is 0.0379. The summed E-state index contributed by atoms with van der Waals surface area (Å²) in [7, 11) is 0. The molecule has 6 heterocycles. The largest absolute Gasteiger partial charge is 0.322 e. The molecular formula is C90H78N30O6. The van der Waals surface area contributed by atoms with E-state index in [9.17, 15) is 28.8 Å². The van der Waals surface area contributed by atoms with E-state index >= 15 is 0 Å². The number of nitrogens with zero attached hydrogens (tertiary/aromatic N) is 18. The molecular weight excluding hydrogens is 1600 g/mol. The molecule has 0 atom stereocenters. The van der Waals surface area contributed by atoms with Crippen LogP contribution in [0.1, 0.15) is 95.5 Å². The highest BCUT2D eigenvalue weighted by molar-refractivity contribution is 6.08. The van der Waals surface area contributed by atoms with Crippen LogP contribution in [0.15, 0.2) is 291 Å². The fraction of sp³-hybridized carbons (Fsp3) is 0.0667. The van der Waals surface area contributed by atoms with E-state index in [4.69, 9.17) is 0 Å². The van der Waals surface area contributed by atoms with Gasteiger partial charge in [-0.05, 0) is 218 Å². The second-order valence-corrected chi connectivity index (χ2v) is 27.8. The Morgan fingerprint density at radius 3 is 0.397 bits per heavy atom. The van der Waals surface area contributed by atoms with Gasteiger partial charge in [0.15, 0.2) is 0 Å². The average Bonchev–Trinajstić information content (AvgIpc) is 1.70. The molecule has 0 unspecified atom stereocenters. The Bertz CT molecular complexity index is 5430. The minimum Gasteiger partial charge on any atom is -0.322 e. The summed E-state index contributed by atoms with van der Waals surface area (Å²) in [6.45, 7) is 12.0. The first-order valence-electron chi connectivity index (χ1n) is 38.6. The summed E-state index contributed by atoms with van der Waals surface area (Å²) < 4.78 is 0. The highest BCUT2D eigenvalue weighted by Gasteiger charge is 2.16. The van der Waals surface area contributed by atoms with Crippen molar-refractivity contribution < 1.29 is 28.8 Å². The number of rotatable bonds is 18. The maximum atomic E-state index is 12.1. The van der Waals surface area contributed by atoms with Crippen LogP contribution in [0.2, 0.25) is 0 Å². The first kappa shape index (κ1) is 85.8. The van der Waals surface area contributed by atoms with Gasteiger partial charge in [-0.2, -0.15) is 31.3 Å². The summed E-state index contributed by atoms with van der Waals surface area (Å²) in [6.07, 6.45) is 0. The molecule has 18 rings (SSSR count). The van der Waals surface area contributed by atoms with Crippen LogP contribution in [-0.4, -0.2) is 159 Å². The zero-order valence-electron chi connectivity index (χ0n) is 68.2. The highest BCUT2D eigenvalue weighted by atomic mass is 16.2. The highest BCUT2D eigenvalue weighted by Crippen LogP contribution is 2.24. The van der Waals surface area contributed by atoms with E-state index in [0.717, 1.165) is 101 Å². The molecule has 0 fully saturated rings. The summed E-state index contributed by atoms with van der Waals surface area (Å²) >= 11 is 0. The Morgan fingerprint density at radius 1 is 0.175 bits per heavy atom. The Balaban J connectivity index is 0.000000130. The maximum absolute atomic E-state index is 12.1. The number of tetrazole rings is 6. The normalized spacial score (nSPS) is 10.3. The molecule has 0 saturated carbocycles. The second-order valence-electron chi connectivity index (χ2n) is 27.8. The number of amides is 6. The van der Waals surface area contributed by atoms with Crippen molar-refractivity contribution in [3.05, 3.63) is 358 Å². The number of H-pyrrole nitrogens is 6. The fourth-order valence-electron chi connectivity index (χ4n) is 11.4. The number of benzene rings is 12. The van der Waals surface area contributed by atoms with Crippen molar-refractivity contribution in [2.75, 3.05) is 31.9 Å². The Hall–Kier alpha value is -18.1. The molecule has 0 aliphatic carbocycles. The molecule has 36 heteroatoms. The third kappa shape index (κ3) is 25.0. The van der Waals surface area contributed by atoms with E-state index in [1.54, 1.807) is 146 Å². The van der Waals surface area contributed by atoms with Gasteiger partial charge in [-0.3, -0.25) is 28.8 Å². The molecule has 12 aromatic carbocycles. The van der Waals surface area contributed by atoms with Gasteiger partial charge >= 0.3 is 0 Å². The van der Waals surface area contributed by atoms with E-state index < -0.39 is 0 Å². The molecule has 12 N–H and O–H groups in total. The van der Waals surface area contributed by atoms with Crippen molar-refractivity contribution in [2.45, 2.75) is 41.5 Å². The summed E-state index contributed by atoms with van der Waals surface area (Å²) in [4.78, 5) is 72.8. The number of aryl methyl sites for hydroxylation is 6. The molecule has 0 bridgehead atoms. The molecule has 0 aliphatic rings. The molecule has 0 spiro atoms. The predicted molar refractivity (Wildman–Crippen MR) is 472 cm³/mol. The van der Waals surface area contributed by atoms with Gasteiger partial charge in [0.2, 0.25) is 34.9 Å². The lowest BCUT2D eigenvalue weighted by atomic mass is 10.1. The number of carbonyl (C=O) groups excluding carboxylic acids is 6. The Morgan fingerprint density at radius 2 is 0.294 bits per heavy atom. The second kappa shape index (κ2) is 42.5. The summed E-state index contributed by atoms with van der Waals surface area (Å²) in [5.74, 6) is 2.08. The summed E-state index contributed by atoms with van der Waals surface area (Å²) in [5, 5.41) is 99.2. The van der Waals surface area contributed by atoms with Gasteiger partial charge in [0.1, 0.15) is 0 Å². The molecule has 18 aromatic rings. The fourth-order valence-corrected chi connectivity index (χ4v) is 11.4. The lowest BCUT2D eigenvalue weighted by molar-refractivity contribution is 0.101. The van der Waals surface area contributed by atoms with Crippen LogP contribution < -0.4 is 31.9 Å². The van der Waals surface area contributed by atoms with Gasteiger partial charge in [0.25, 0.3) is 35.4 Å². The van der Waals surface area contributed by atoms with Crippen LogP contribution in [-0.2, 0) is 0 Å². The van der Waals surface area contributed by atoms with Crippen LogP contribution >= 0.6 is 0 Å². The smallest absolute Gasteiger partial charge is 0.255 e. The van der Waals surface area contributed by atoms with Crippen LogP contribution in [0.3, 0.4) is 0 Å². The maximum Gasteiger partial charge on any atom is 0.255 e. The Kier molecular flexibility index (Phi) is 28.9. The third-order valence-corrected chi connectivity index (χ3v) is 18.4. The lowest BCUT2D eigenvalue weighted by Crippen LogP contribution is -2.11. The van der Waals surface area contributed by atoms with E-state index in [1.807, 2.05) is 187 Å². The number of anilines is 6. The topological polar surface area (TPSA) is 501 Å². The molecule has 126 heavy (non-hydrogen) atoms. The first-order valence-corrected chi connectivity index (χ1v) is 38.6. The van der Waals surface area contributed by atoms with Crippen LogP contribution in [0.25, 0.3) is 68.3 Å². The summed E-state index contributed by atoms with van der Waals surface area (Å²) in [5.41, 5.74) is 19.8. The van der Waals surface area contributed by atoms with Gasteiger partial charge in [0, 0.05) is 101 Å². The van der Waals surface area contributed by atoms with Crippen molar-refractivity contribution in [1.82, 2.24) is 124 Å². The van der Waals surface area contributed by atoms with E-state index in [1.165, 1.54) is 0 Å². The zero-order chi connectivity index (χ0) is 87.9. The number of hydrogen-bond donors (Lipinski definition) is 12. The lowest BCUT2D eigenvalue weighted by Gasteiger charge is -2.06. The van der Waals surface area contributed by atoms with Crippen LogP contribution in [0.4, 0.5) is 34.1 Å². The van der Waals surface area contributed by atoms with Crippen molar-refractivity contribution in [3.8, 4) is 68.3 Å². The molecule has 6 aromatic heterocycles. The van der Waals surface area contributed by atoms with Gasteiger partial charge in [-0.25, -0.2) is 0 Å². The van der Waals surface area contributed by atoms with Crippen LogP contribution in [0, 0.1) is 41.5 Å². The summed E-state index contributed by atoms with van der Waals surface area (Å²) in [6, 6.07) is 88.2. The number of nitrogens with one attached hydrogen (secondary N) is 12. The van der Waals surface area contributed by atoms with Crippen molar-refractivity contribution in [1.29, 1.82) is 0 Å². The molecule has 624 valence electrons. The van der Waals surface area contributed by atoms with E-state index in [0.29, 0.717) is 68.3 Å². The Labute approximate surface area is 718 Å². The van der Waals surface area contributed by atoms with Gasteiger partial charge in [0.05, 0.1) is 0 Å². The van der Waals surface area contributed by atoms with Crippen LogP contribution in [0.5, 0.6) is 0 Å². The zero-order valence-corrected chi connectivity index (χ0v) is 68.2. The molecule has 36 nitrogen and oxygen atoms in total. The monoisotopic (exact) mass is 1670 g/mol.